The predicted octanol–water partition coefficient (Wildman–Crippen LogP) is 2.65. The van der Waals surface area contributed by atoms with Gasteiger partial charge in [-0.25, -0.2) is 4.79 Å². The molecule has 0 bridgehead atoms. The van der Waals surface area contributed by atoms with E-state index in [9.17, 15) is 9.59 Å². The molecular weight excluding hydrogens is 292 g/mol. The second kappa shape index (κ2) is 5.77. The van der Waals surface area contributed by atoms with E-state index in [1.54, 1.807) is 45.0 Å². The average molecular weight is 308 g/mol. The van der Waals surface area contributed by atoms with E-state index in [1.807, 2.05) is 0 Å². The summed E-state index contributed by atoms with van der Waals surface area (Å²) in [6.07, 6.45) is -0.654. The SMILES string of the molecule is CC(C)(C)OC(=O)n1c(OC(=O)CS)nc2ccccc21. The Morgan fingerprint density at radius 2 is 1.95 bits per heavy atom. The van der Waals surface area contributed by atoms with Gasteiger partial charge in [-0.15, -0.1) is 0 Å². The van der Waals surface area contributed by atoms with Gasteiger partial charge in [-0.1, -0.05) is 12.1 Å². The Balaban J connectivity index is 2.50. The number of rotatable bonds is 2. The maximum atomic E-state index is 12.3. The van der Waals surface area contributed by atoms with Gasteiger partial charge in [0, 0.05) is 0 Å². The van der Waals surface area contributed by atoms with Crippen LogP contribution in [-0.4, -0.2) is 33.0 Å². The lowest BCUT2D eigenvalue weighted by molar-refractivity contribution is -0.131. The van der Waals surface area contributed by atoms with Gasteiger partial charge in [0.25, 0.3) is 0 Å². The second-order valence-corrected chi connectivity index (χ2v) is 5.65. The Hall–Kier alpha value is -2.02. The highest BCUT2D eigenvalue weighted by Crippen LogP contribution is 2.23. The molecule has 21 heavy (non-hydrogen) atoms. The third-order valence-corrected chi connectivity index (χ3v) is 2.70. The maximum Gasteiger partial charge on any atom is 0.423 e. The maximum absolute atomic E-state index is 12.3. The molecule has 0 fully saturated rings. The standard InChI is InChI=1S/C14H16N2O4S/c1-14(2,3)20-13(18)16-10-7-5-4-6-9(10)15-12(16)19-11(17)8-21/h4-7,21H,8H2,1-3H3. The molecular formula is C14H16N2O4S. The van der Waals surface area contributed by atoms with Gasteiger partial charge in [0.1, 0.15) is 5.60 Å². The molecule has 2 aromatic rings. The molecule has 1 aromatic heterocycles. The normalized spacial score (nSPS) is 11.4. The van der Waals surface area contributed by atoms with Crippen LogP contribution < -0.4 is 4.74 Å². The van der Waals surface area contributed by atoms with E-state index in [-0.39, 0.29) is 11.8 Å². The van der Waals surface area contributed by atoms with Gasteiger partial charge in [-0.05, 0) is 32.9 Å². The average Bonchev–Trinajstić information content (AvgIpc) is 2.74. The van der Waals surface area contributed by atoms with E-state index < -0.39 is 17.7 Å². The molecule has 112 valence electrons. The van der Waals surface area contributed by atoms with Crippen LogP contribution in [0.5, 0.6) is 6.01 Å². The van der Waals surface area contributed by atoms with Crippen LogP contribution in [0.2, 0.25) is 0 Å². The summed E-state index contributed by atoms with van der Waals surface area (Å²) in [6, 6.07) is 6.83. The van der Waals surface area contributed by atoms with Gasteiger partial charge in [0.15, 0.2) is 0 Å². The van der Waals surface area contributed by atoms with E-state index in [4.69, 9.17) is 9.47 Å². The first-order valence-electron chi connectivity index (χ1n) is 6.34. The Labute approximate surface area is 127 Å². The molecule has 0 N–H and O–H groups in total. The van der Waals surface area contributed by atoms with Gasteiger partial charge in [0.2, 0.25) is 0 Å². The molecule has 1 heterocycles. The third-order valence-electron chi connectivity index (χ3n) is 2.44. The number of esters is 1. The minimum absolute atomic E-state index is 0.114. The van der Waals surface area contributed by atoms with Crippen molar-refractivity contribution in [2.75, 3.05) is 5.75 Å². The zero-order valence-corrected chi connectivity index (χ0v) is 12.9. The van der Waals surface area contributed by atoms with E-state index in [0.29, 0.717) is 11.0 Å². The molecule has 0 spiro atoms. The highest BCUT2D eigenvalue weighted by atomic mass is 32.1. The highest BCUT2D eigenvalue weighted by molar-refractivity contribution is 7.81. The van der Waals surface area contributed by atoms with E-state index in [2.05, 4.69) is 17.6 Å². The molecule has 1 aromatic carbocycles. The van der Waals surface area contributed by atoms with Crippen molar-refractivity contribution in [1.82, 2.24) is 9.55 Å². The number of imidazole rings is 1. The van der Waals surface area contributed by atoms with Crippen LogP contribution >= 0.6 is 12.6 Å². The fraction of sp³-hybridized carbons (Fsp3) is 0.357. The van der Waals surface area contributed by atoms with Gasteiger partial charge >= 0.3 is 18.1 Å². The van der Waals surface area contributed by atoms with Crippen molar-refractivity contribution in [3.63, 3.8) is 0 Å². The molecule has 0 unspecified atom stereocenters. The lowest BCUT2D eigenvalue weighted by Gasteiger charge is -2.20. The number of para-hydroxylation sites is 2. The van der Waals surface area contributed by atoms with E-state index in [1.165, 1.54) is 0 Å². The monoisotopic (exact) mass is 308 g/mol. The molecule has 0 aliphatic heterocycles. The van der Waals surface area contributed by atoms with Crippen molar-refractivity contribution in [2.24, 2.45) is 0 Å². The number of nitrogens with zero attached hydrogens (tertiary/aromatic N) is 2. The summed E-state index contributed by atoms with van der Waals surface area (Å²) in [6.45, 7) is 5.26. The van der Waals surface area contributed by atoms with Crippen molar-refractivity contribution in [2.45, 2.75) is 26.4 Å². The molecule has 0 saturated heterocycles. The summed E-state index contributed by atoms with van der Waals surface area (Å²) in [7, 11) is 0. The first kappa shape index (κ1) is 15.4. The number of fused-ring (bicyclic) bond motifs is 1. The van der Waals surface area contributed by atoms with Crippen LogP contribution in [0.1, 0.15) is 20.8 Å². The molecule has 0 amide bonds. The number of benzene rings is 1. The van der Waals surface area contributed by atoms with Crippen molar-refractivity contribution in [3.8, 4) is 6.01 Å². The minimum atomic E-state index is -0.673. The van der Waals surface area contributed by atoms with Crippen LogP contribution in [0.25, 0.3) is 11.0 Å². The van der Waals surface area contributed by atoms with Crippen LogP contribution in [0.3, 0.4) is 0 Å². The fourth-order valence-corrected chi connectivity index (χ4v) is 1.75. The van der Waals surface area contributed by atoms with Gasteiger partial charge in [-0.2, -0.15) is 22.2 Å². The molecule has 0 radical (unpaired) electrons. The number of ether oxygens (including phenoxy) is 2. The summed E-state index contributed by atoms with van der Waals surface area (Å²) in [5.41, 5.74) is 0.367. The molecule has 0 saturated carbocycles. The summed E-state index contributed by atoms with van der Waals surface area (Å²) in [5, 5.41) is 0. The Bertz CT molecular complexity index is 688. The molecule has 6 nitrogen and oxygen atoms in total. The Kier molecular flexibility index (Phi) is 4.22. The van der Waals surface area contributed by atoms with Crippen LogP contribution in [0.15, 0.2) is 24.3 Å². The second-order valence-electron chi connectivity index (χ2n) is 5.33. The predicted molar refractivity (Wildman–Crippen MR) is 80.9 cm³/mol. The Morgan fingerprint density at radius 3 is 2.57 bits per heavy atom. The molecule has 0 aliphatic carbocycles. The molecule has 7 heteroatoms. The molecule has 2 rings (SSSR count). The van der Waals surface area contributed by atoms with Gasteiger partial charge in [-0.3, -0.25) is 4.79 Å². The zero-order chi connectivity index (χ0) is 15.6. The lowest BCUT2D eigenvalue weighted by atomic mass is 10.2. The number of aromatic nitrogens is 2. The van der Waals surface area contributed by atoms with E-state index >= 15 is 0 Å². The van der Waals surface area contributed by atoms with Gasteiger partial charge in [0.05, 0.1) is 16.8 Å². The quantitative estimate of drug-likeness (QED) is 0.682. The number of thiol groups is 1. The largest absolute Gasteiger partial charge is 0.443 e. The molecule has 0 aliphatic rings. The highest BCUT2D eigenvalue weighted by Gasteiger charge is 2.24. The number of carbonyl (C=O) groups is 2. The van der Waals surface area contributed by atoms with Crippen molar-refractivity contribution in [3.05, 3.63) is 24.3 Å². The van der Waals surface area contributed by atoms with Crippen LogP contribution in [-0.2, 0) is 9.53 Å². The summed E-state index contributed by atoms with van der Waals surface area (Å²) < 4.78 is 11.5. The fourth-order valence-electron chi connectivity index (χ4n) is 1.69. The number of hydrogen-bond donors (Lipinski definition) is 1. The van der Waals surface area contributed by atoms with Crippen molar-refractivity contribution < 1.29 is 19.1 Å². The number of carbonyl (C=O) groups excluding carboxylic acids is 2. The topological polar surface area (TPSA) is 70.4 Å². The van der Waals surface area contributed by atoms with E-state index in [0.717, 1.165) is 4.57 Å². The first-order valence-corrected chi connectivity index (χ1v) is 6.97. The van der Waals surface area contributed by atoms with Crippen LogP contribution in [0.4, 0.5) is 4.79 Å². The minimum Gasteiger partial charge on any atom is -0.443 e. The summed E-state index contributed by atoms with van der Waals surface area (Å²) in [4.78, 5) is 27.9. The third kappa shape index (κ3) is 3.55. The summed E-state index contributed by atoms with van der Waals surface area (Å²) in [5.74, 6) is -0.712. The summed E-state index contributed by atoms with van der Waals surface area (Å²) >= 11 is 3.84. The van der Waals surface area contributed by atoms with Crippen molar-refractivity contribution in [1.29, 1.82) is 0 Å². The molecule has 0 atom stereocenters. The smallest absolute Gasteiger partial charge is 0.423 e. The number of hydrogen-bond acceptors (Lipinski definition) is 6. The zero-order valence-electron chi connectivity index (χ0n) is 12.0. The Morgan fingerprint density at radius 1 is 1.29 bits per heavy atom. The lowest BCUT2D eigenvalue weighted by Crippen LogP contribution is -2.28. The van der Waals surface area contributed by atoms with Crippen molar-refractivity contribution >= 4 is 35.7 Å². The first-order chi connectivity index (χ1) is 9.81. The van der Waals surface area contributed by atoms with Gasteiger partial charge < -0.3 is 9.47 Å². The van der Waals surface area contributed by atoms with Crippen LogP contribution in [0, 0.1) is 0 Å².